The van der Waals surface area contributed by atoms with Crippen molar-refractivity contribution < 1.29 is 14.3 Å². The largest absolute Gasteiger partial charge is 0.465 e. The van der Waals surface area contributed by atoms with Gasteiger partial charge in [-0.1, -0.05) is 23.8 Å². The maximum Gasteiger partial charge on any atom is 0.337 e. The van der Waals surface area contributed by atoms with E-state index in [0.717, 1.165) is 12.0 Å². The molecule has 2 rings (SSSR count). The molecular weight excluding hydrogens is 216 g/mol. The molecule has 1 aliphatic rings. The Labute approximate surface area is 101 Å². The second-order valence-corrected chi connectivity index (χ2v) is 4.19. The molecule has 1 atom stereocenters. The zero-order chi connectivity index (χ0) is 12.3. The fraction of sp³-hybridized carbons (Fsp3) is 0.357. The first-order valence-corrected chi connectivity index (χ1v) is 5.66. The highest BCUT2D eigenvalue weighted by atomic mass is 16.5. The zero-order valence-electron chi connectivity index (χ0n) is 10.1. The van der Waals surface area contributed by atoms with Crippen LogP contribution < -0.4 is 0 Å². The van der Waals surface area contributed by atoms with Crippen LogP contribution in [0.1, 0.15) is 35.4 Å². The van der Waals surface area contributed by atoms with Crippen molar-refractivity contribution in [2.24, 2.45) is 0 Å². The molecule has 0 amide bonds. The Balaban J connectivity index is 2.13. The van der Waals surface area contributed by atoms with Crippen molar-refractivity contribution in [3.63, 3.8) is 0 Å². The van der Waals surface area contributed by atoms with E-state index in [1.165, 1.54) is 12.7 Å². The SMILES string of the molecule is COC(=O)c1ccc(C2CC(C)=CCO2)cc1. The number of rotatable bonds is 2. The van der Waals surface area contributed by atoms with Crippen molar-refractivity contribution in [2.75, 3.05) is 13.7 Å². The molecule has 1 heterocycles. The third-order valence-corrected chi connectivity index (χ3v) is 2.94. The molecule has 0 bridgehead atoms. The number of ether oxygens (including phenoxy) is 2. The molecule has 3 nitrogen and oxygen atoms in total. The topological polar surface area (TPSA) is 35.5 Å². The molecule has 3 heteroatoms. The summed E-state index contributed by atoms with van der Waals surface area (Å²) < 4.78 is 10.3. The van der Waals surface area contributed by atoms with Crippen LogP contribution in [-0.4, -0.2) is 19.7 Å². The van der Waals surface area contributed by atoms with Crippen molar-refractivity contribution in [3.8, 4) is 0 Å². The van der Waals surface area contributed by atoms with E-state index in [1.807, 2.05) is 12.1 Å². The van der Waals surface area contributed by atoms with E-state index in [0.29, 0.717) is 12.2 Å². The van der Waals surface area contributed by atoms with Gasteiger partial charge in [-0.2, -0.15) is 0 Å². The molecule has 1 aliphatic heterocycles. The molecule has 0 radical (unpaired) electrons. The number of esters is 1. The number of carbonyl (C=O) groups excluding carboxylic acids is 1. The van der Waals surface area contributed by atoms with Gasteiger partial charge in [0.05, 0.1) is 25.4 Å². The molecule has 0 saturated carbocycles. The monoisotopic (exact) mass is 232 g/mol. The lowest BCUT2D eigenvalue weighted by Gasteiger charge is -2.22. The number of hydrogen-bond donors (Lipinski definition) is 0. The van der Waals surface area contributed by atoms with Crippen LogP contribution in [-0.2, 0) is 9.47 Å². The van der Waals surface area contributed by atoms with Crippen LogP contribution in [0, 0.1) is 0 Å². The van der Waals surface area contributed by atoms with E-state index in [4.69, 9.17) is 4.74 Å². The van der Waals surface area contributed by atoms with Gasteiger partial charge in [0.1, 0.15) is 0 Å². The minimum Gasteiger partial charge on any atom is -0.465 e. The molecule has 90 valence electrons. The predicted octanol–water partition coefficient (Wildman–Crippen LogP) is 2.88. The van der Waals surface area contributed by atoms with E-state index < -0.39 is 0 Å². The molecule has 17 heavy (non-hydrogen) atoms. The second kappa shape index (κ2) is 5.15. The van der Waals surface area contributed by atoms with Crippen molar-refractivity contribution in [1.29, 1.82) is 0 Å². The molecule has 1 unspecified atom stereocenters. The van der Waals surface area contributed by atoms with Gasteiger partial charge in [0.2, 0.25) is 0 Å². The van der Waals surface area contributed by atoms with Gasteiger partial charge >= 0.3 is 5.97 Å². The van der Waals surface area contributed by atoms with Gasteiger partial charge in [0.15, 0.2) is 0 Å². The maximum atomic E-state index is 11.3. The minimum absolute atomic E-state index is 0.103. The highest BCUT2D eigenvalue weighted by molar-refractivity contribution is 5.89. The third kappa shape index (κ3) is 2.74. The maximum absolute atomic E-state index is 11.3. The van der Waals surface area contributed by atoms with Crippen LogP contribution in [0.2, 0.25) is 0 Å². The average Bonchev–Trinajstić information content (AvgIpc) is 2.38. The van der Waals surface area contributed by atoms with E-state index >= 15 is 0 Å². The summed E-state index contributed by atoms with van der Waals surface area (Å²) in [7, 11) is 1.38. The van der Waals surface area contributed by atoms with E-state index in [2.05, 4.69) is 17.7 Å². The molecule has 0 N–H and O–H groups in total. The summed E-state index contributed by atoms with van der Waals surface area (Å²) >= 11 is 0. The Hall–Kier alpha value is -1.61. The van der Waals surface area contributed by atoms with Gasteiger partial charge < -0.3 is 9.47 Å². The molecule has 0 aromatic heterocycles. The molecule has 1 aromatic rings. The van der Waals surface area contributed by atoms with E-state index in [9.17, 15) is 4.79 Å². The molecular formula is C14H16O3. The Morgan fingerprint density at radius 1 is 1.35 bits per heavy atom. The Morgan fingerprint density at radius 3 is 2.65 bits per heavy atom. The standard InChI is InChI=1S/C14H16O3/c1-10-7-8-17-13(9-10)11-3-5-12(6-4-11)14(15)16-2/h3-7,13H,8-9H2,1-2H3. The van der Waals surface area contributed by atoms with Crippen LogP contribution in [0.4, 0.5) is 0 Å². The van der Waals surface area contributed by atoms with E-state index in [-0.39, 0.29) is 12.1 Å². The summed E-state index contributed by atoms with van der Waals surface area (Å²) in [6.07, 6.45) is 3.11. The Bertz CT molecular complexity index is 431. The fourth-order valence-corrected chi connectivity index (χ4v) is 1.91. The molecule has 0 aliphatic carbocycles. The average molecular weight is 232 g/mol. The molecule has 1 aromatic carbocycles. The predicted molar refractivity (Wildman–Crippen MR) is 64.8 cm³/mol. The second-order valence-electron chi connectivity index (χ2n) is 4.19. The first-order valence-electron chi connectivity index (χ1n) is 5.66. The van der Waals surface area contributed by atoms with Crippen LogP contribution in [0.3, 0.4) is 0 Å². The van der Waals surface area contributed by atoms with Crippen molar-refractivity contribution in [3.05, 3.63) is 47.0 Å². The Morgan fingerprint density at radius 2 is 2.06 bits per heavy atom. The van der Waals surface area contributed by atoms with Crippen molar-refractivity contribution in [1.82, 2.24) is 0 Å². The van der Waals surface area contributed by atoms with Gasteiger partial charge in [-0.15, -0.1) is 0 Å². The number of methoxy groups -OCH3 is 1. The fourth-order valence-electron chi connectivity index (χ4n) is 1.91. The van der Waals surface area contributed by atoms with Crippen LogP contribution in [0.15, 0.2) is 35.9 Å². The van der Waals surface area contributed by atoms with Gasteiger partial charge in [-0.3, -0.25) is 0 Å². The third-order valence-electron chi connectivity index (χ3n) is 2.94. The van der Waals surface area contributed by atoms with Crippen molar-refractivity contribution >= 4 is 5.97 Å². The van der Waals surface area contributed by atoms with Gasteiger partial charge in [-0.25, -0.2) is 4.79 Å². The van der Waals surface area contributed by atoms with Crippen molar-refractivity contribution in [2.45, 2.75) is 19.4 Å². The lowest BCUT2D eigenvalue weighted by Crippen LogP contribution is -2.10. The lowest BCUT2D eigenvalue weighted by molar-refractivity contribution is 0.0596. The summed E-state index contributed by atoms with van der Waals surface area (Å²) in [5, 5.41) is 0. The zero-order valence-corrected chi connectivity index (χ0v) is 10.1. The molecule has 0 fully saturated rings. The normalized spacial score (nSPS) is 19.6. The smallest absolute Gasteiger partial charge is 0.337 e. The lowest BCUT2D eigenvalue weighted by atomic mass is 9.99. The number of carbonyl (C=O) groups is 1. The highest BCUT2D eigenvalue weighted by Gasteiger charge is 2.16. The van der Waals surface area contributed by atoms with Crippen LogP contribution in [0.25, 0.3) is 0 Å². The highest BCUT2D eigenvalue weighted by Crippen LogP contribution is 2.28. The molecule has 0 spiro atoms. The summed E-state index contributed by atoms with van der Waals surface area (Å²) in [4.78, 5) is 11.3. The molecule has 0 saturated heterocycles. The number of hydrogen-bond acceptors (Lipinski definition) is 3. The first-order chi connectivity index (χ1) is 8.20. The van der Waals surface area contributed by atoms with Gasteiger partial charge in [0.25, 0.3) is 0 Å². The quantitative estimate of drug-likeness (QED) is 0.581. The minimum atomic E-state index is -0.308. The van der Waals surface area contributed by atoms with Crippen LogP contribution >= 0.6 is 0 Å². The number of benzene rings is 1. The first kappa shape index (κ1) is 11.9. The van der Waals surface area contributed by atoms with Crippen LogP contribution in [0.5, 0.6) is 0 Å². The summed E-state index contributed by atoms with van der Waals surface area (Å²) in [5.41, 5.74) is 3.02. The van der Waals surface area contributed by atoms with Gasteiger partial charge in [-0.05, 0) is 31.0 Å². The summed E-state index contributed by atoms with van der Waals surface area (Å²) in [6.45, 7) is 2.77. The summed E-state index contributed by atoms with van der Waals surface area (Å²) in [5.74, 6) is -0.308. The van der Waals surface area contributed by atoms with Gasteiger partial charge in [0, 0.05) is 0 Å². The summed E-state index contributed by atoms with van der Waals surface area (Å²) in [6, 6.07) is 7.40. The Kier molecular flexibility index (Phi) is 3.59. The van der Waals surface area contributed by atoms with E-state index in [1.54, 1.807) is 12.1 Å².